The van der Waals surface area contributed by atoms with Crippen LogP contribution in [0.3, 0.4) is 0 Å². The van der Waals surface area contributed by atoms with Crippen molar-refractivity contribution >= 4 is 46.9 Å². The summed E-state index contributed by atoms with van der Waals surface area (Å²) in [6.07, 6.45) is 7.38. The number of fused-ring (bicyclic) bond motifs is 1. The number of halogens is 1. The Morgan fingerprint density at radius 1 is 1.19 bits per heavy atom. The van der Waals surface area contributed by atoms with E-state index in [0.29, 0.717) is 30.1 Å². The van der Waals surface area contributed by atoms with Crippen LogP contribution in [0.1, 0.15) is 46.5 Å². The molecule has 1 fully saturated rings. The van der Waals surface area contributed by atoms with E-state index >= 15 is 0 Å². The Morgan fingerprint density at radius 3 is 2.50 bits per heavy atom. The van der Waals surface area contributed by atoms with Gasteiger partial charge in [-0.05, 0) is 31.9 Å². The van der Waals surface area contributed by atoms with E-state index in [1.54, 1.807) is 25.2 Å². The highest BCUT2D eigenvalue weighted by atomic mass is 35.5. The van der Waals surface area contributed by atoms with E-state index < -0.39 is 23.4 Å². The monoisotopic (exact) mass is 461 g/mol. The van der Waals surface area contributed by atoms with Gasteiger partial charge in [0, 0.05) is 11.6 Å². The van der Waals surface area contributed by atoms with Crippen molar-refractivity contribution in [1.82, 2.24) is 15.1 Å². The summed E-state index contributed by atoms with van der Waals surface area (Å²) in [6, 6.07) is -0.552. The molecule has 0 aromatic carbocycles. The Hall–Kier alpha value is -2.81. The van der Waals surface area contributed by atoms with Crippen molar-refractivity contribution in [3.63, 3.8) is 0 Å². The summed E-state index contributed by atoms with van der Waals surface area (Å²) in [5.41, 5.74) is -0.465. The fourth-order valence-electron chi connectivity index (χ4n) is 4.24. The predicted octanol–water partition coefficient (Wildman–Crippen LogP) is 2.41. The molecule has 9 nitrogen and oxygen atoms in total. The molecule has 0 bridgehead atoms. The van der Waals surface area contributed by atoms with Crippen molar-refractivity contribution in [1.29, 1.82) is 0 Å². The second-order valence-corrected chi connectivity index (χ2v) is 8.52. The average molecular weight is 462 g/mol. The molecule has 0 radical (unpaired) electrons. The summed E-state index contributed by atoms with van der Waals surface area (Å²) in [7, 11) is 0. The minimum absolute atomic E-state index is 0.00875. The van der Waals surface area contributed by atoms with Crippen molar-refractivity contribution in [2.24, 2.45) is 15.9 Å². The Balaban J connectivity index is 1.72. The molecule has 0 aromatic rings. The van der Waals surface area contributed by atoms with Crippen molar-refractivity contribution in [2.75, 3.05) is 19.6 Å². The normalized spacial score (nSPS) is 21.6. The third-order valence-electron chi connectivity index (χ3n) is 5.78. The van der Waals surface area contributed by atoms with E-state index in [4.69, 9.17) is 11.6 Å². The lowest BCUT2D eigenvalue weighted by Gasteiger charge is -2.27. The van der Waals surface area contributed by atoms with E-state index in [1.807, 2.05) is 13.8 Å². The number of carbonyl (C=O) groups is 4. The minimum atomic E-state index is -0.946. The third kappa shape index (κ3) is 4.67. The van der Waals surface area contributed by atoms with Crippen molar-refractivity contribution in [3.05, 3.63) is 23.3 Å². The smallest absolute Gasteiger partial charge is 0.325 e. The van der Waals surface area contributed by atoms with Crippen LogP contribution in [0.15, 0.2) is 33.2 Å². The zero-order chi connectivity index (χ0) is 23.5. The fourth-order valence-corrected chi connectivity index (χ4v) is 4.42. The lowest BCUT2D eigenvalue weighted by Crippen LogP contribution is -2.48. The number of allylic oxidation sites excluding steroid dienone is 3. The molecule has 5 amide bonds. The molecule has 2 heterocycles. The number of carbonyl (C=O) groups excluding carboxylic acids is 4. The van der Waals surface area contributed by atoms with Crippen LogP contribution in [0.25, 0.3) is 0 Å². The second-order valence-electron chi connectivity index (χ2n) is 8.08. The molecule has 1 N–H and O–H groups in total. The van der Waals surface area contributed by atoms with Crippen LogP contribution >= 0.6 is 11.6 Å². The number of imide groups is 1. The number of amidine groups is 1. The Labute approximate surface area is 192 Å². The standard InChI is InChI=1S/C22H28ClN5O4/c1-4-9-22(10-5-2)20(31)28(21(32)26-22)13-18(29)27(6-3)12-17-24-16-11-14(23)7-8-15(16)19(30)25-17/h7-8,11,15H,4-6,9-10,12-13H2,1-3H3,(H,26,32). The topological polar surface area (TPSA) is 112 Å². The van der Waals surface area contributed by atoms with Crippen LogP contribution in [-0.4, -0.2) is 70.3 Å². The highest BCUT2D eigenvalue weighted by molar-refractivity contribution is 6.35. The first-order chi connectivity index (χ1) is 15.2. The number of hydrogen-bond donors (Lipinski definition) is 1. The summed E-state index contributed by atoms with van der Waals surface area (Å²) in [5, 5.41) is 3.26. The van der Waals surface area contributed by atoms with Gasteiger partial charge in [-0.3, -0.25) is 19.3 Å². The van der Waals surface area contributed by atoms with E-state index in [9.17, 15) is 19.2 Å². The summed E-state index contributed by atoms with van der Waals surface area (Å²) in [4.78, 5) is 61.7. The molecule has 0 saturated carbocycles. The van der Waals surface area contributed by atoms with Gasteiger partial charge in [0.25, 0.3) is 11.8 Å². The van der Waals surface area contributed by atoms with Gasteiger partial charge in [0.05, 0.1) is 12.3 Å². The van der Waals surface area contributed by atoms with E-state index in [2.05, 4.69) is 15.3 Å². The first-order valence-electron chi connectivity index (χ1n) is 10.9. The van der Waals surface area contributed by atoms with Gasteiger partial charge < -0.3 is 10.2 Å². The third-order valence-corrected chi connectivity index (χ3v) is 6.01. The van der Waals surface area contributed by atoms with Crippen molar-refractivity contribution < 1.29 is 19.2 Å². The second kappa shape index (κ2) is 9.77. The number of nitrogens with zero attached hydrogens (tertiary/aromatic N) is 4. The molecule has 1 saturated heterocycles. The number of amides is 5. The molecule has 2 aliphatic heterocycles. The molecule has 32 heavy (non-hydrogen) atoms. The molecule has 1 unspecified atom stereocenters. The van der Waals surface area contributed by atoms with Crippen LogP contribution in [0.2, 0.25) is 0 Å². The fraction of sp³-hybridized carbons (Fsp3) is 0.545. The summed E-state index contributed by atoms with van der Waals surface area (Å²) in [5.74, 6) is -1.53. The van der Waals surface area contributed by atoms with Crippen molar-refractivity contribution in [3.8, 4) is 0 Å². The number of likely N-dealkylation sites (N-methyl/N-ethyl adjacent to an activating group) is 1. The van der Waals surface area contributed by atoms with Crippen LogP contribution < -0.4 is 5.32 Å². The number of urea groups is 1. The maximum absolute atomic E-state index is 13.0. The van der Waals surface area contributed by atoms with Crippen LogP contribution in [0, 0.1) is 5.92 Å². The van der Waals surface area contributed by atoms with Gasteiger partial charge in [-0.25, -0.2) is 9.79 Å². The molecule has 3 rings (SSSR count). The maximum Gasteiger partial charge on any atom is 0.325 e. The van der Waals surface area contributed by atoms with Gasteiger partial charge in [-0.2, -0.15) is 4.99 Å². The van der Waals surface area contributed by atoms with Gasteiger partial charge in [-0.15, -0.1) is 0 Å². The molecule has 3 aliphatic rings. The SMILES string of the molecule is CCCC1(CCC)NC(=O)N(CC(=O)N(CC)CC2=NC(=O)C3C=CC(Cl)=CC3=N2)C1=O. The molecule has 1 atom stereocenters. The zero-order valence-electron chi connectivity index (χ0n) is 18.6. The summed E-state index contributed by atoms with van der Waals surface area (Å²) in [6.45, 7) is 5.59. The number of aliphatic imine (C=N–C) groups is 2. The first-order valence-corrected chi connectivity index (χ1v) is 11.3. The van der Waals surface area contributed by atoms with Gasteiger partial charge >= 0.3 is 6.03 Å². The maximum atomic E-state index is 13.0. The van der Waals surface area contributed by atoms with Crippen molar-refractivity contribution in [2.45, 2.75) is 52.0 Å². The Kier molecular flexibility index (Phi) is 7.28. The number of hydrogen-bond acceptors (Lipinski definition) is 5. The van der Waals surface area contributed by atoms with Crippen LogP contribution in [0.5, 0.6) is 0 Å². The predicted molar refractivity (Wildman–Crippen MR) is 121 cm³/mol. The molecule has 10 heteroatoms. The summed E-state index contributed by atoms with van der Waals surface area (Å²) >= 11 is 6.01. The highest BCUT2D eigenvalue weighted by Crippen LogP contribution is 2.28. The minimum Gasteiger partial charge on any atom is -0.334 e. The Morgan fingerprint density at radius 2 is 1.88 bits per heavy atom. The lowest BCUT2D eigenvalue weighted by molar-refractivity contribution is -0.138. The molecule has 0 spiro atoms. The Bertz CT molecular complexity index is 946. The molecule has 0 aromatic heterocycles. The van der Waals surface area contributed by atoms with Crippen LogP contribution in [-0.2, 0) is 14.4 Å². The van der Waals surface area contributed by atoms with Gasteiger partial charge in [-0.1, -0.05) is 44.4 Å². The van der Waals surface area contributed by atoms with Gasteiger partial charge in [0.15, 0.2) is 5.84 Å². The quantitative estimate of drug-likeness (QED) is 0.531. The van der Waals surface area contributed by atoms with E-state index in [-0.39, 0.29) is 30.7 Å². The largest absolute Gasteiger partial charge is 0.334 e. The summed E-state index contributed by atoms with van der Waals surface area (Å²) < 4.78 is 0. The molecule has 172 valence electrons. The van der Waals surface area contributed by atoms with E-state index in [0.717, 1.165) is 17.7 Å². The van der Waals surface area contributed by atoms with Gasteiger partial charge in [0.2, 0.25) is 5.91 Å². The van der Waals surface area contributed by atoms with E-state index in [1.165, 1.54) is 4.90 Å². The lowest BCUT2D eigenvalue weighted by atomic mass is 9.88. The highest BCUT2D eigenvalue weighted by Gasteiger charge is 2.50. The van der Waals surface area contributed by atoms with Crippen LogP contribution in [0.4, 0.5) is 4.79 Å². The molecular formula is C22H28ClN5O4. The molecular weight excluding hydrogens is 434 g/mol. The molecule has 1 aliphatic carbocycles. The number of nitrogens with one attached hydrogen (secondary N) is 1. The van der Waals surface area contributed by atoms with Gasteiger partial charge in [0.1, 0.15) is 18.0 Å². The zero-order valence-corrected chi connectivity index (χ0v) is 19.3. The first kappa shape index (κ1) is 23.8. The number of rotatable bonds is 9. The average Bonchev–Trinajstić information content (AvgIpc) is 2.96.